The van der Waals surface area contributed by atoms with E-state index < -0.39 is 41.0 Å². The van der Waals surface area contributed by atoms with Crippen LogP contribution < -0.4 is 10.6 Å². The molecule has 3 fully saturated rings. The summed E-state index contributed by atoms with van der Waals surface area (Å²) in [6, 6.07) is 5.26. The van der Waals surface area contributed by atoms with Crippen LogP contribution in [-0.4, -0.2) is 64.2 Å². The van der Waals surface area contributed by atoms with Gasteiger partial charge in [0.15, 0.2) is 0 Å². The largest absolute Gasteiger partial charge is 0.394 e. The van der Waals surface area contributed by atoms with Gasteiger partial charge >= 0.3 is 0 Å². The SMILES string of the molecule is CCCNC(=O)[C@@H]1[C@H]2C(=O)N([C@H](C)CO)C(C(=O)Nc3ccccc3Cl)C23CC[C@@]1(C)O3. The second-order valence-electron chi connectivity index (χ2n) is 9.26. The molecule has 0 saturated carbocycles. The fraction of sp³-hybridized carbons (Fsp3) is 0.609. The maximum Gasteiger partial charge on any atom is 0.250 e. The van der Waals surface area contributed by atoms with Gasteiger partial charge in [-0.2, -0.15) is 0 Å². The molecule has 8 nitrogen and oxygen atoms in total. The number of rotatable bonds is 7. The molecular weight excluding hydrogens is 434 g/mol. The van der Waals surface area contributed by atoms with Gasteiger partial charge in [-0.15, -0.1) is 0 Å². The first kappa shape index (κ1) is 23.0. The first-order chi connectivity index (χ1) is 15.2. The zero-order chi connectivity index (χ0) is 23.3. The molecule has 9 heteroatoms. The van der Waals surface area contributed by atoms with Crippen molar-refractivity contribution in [3.63, 3.8) is 0 Å². The molecule has 1 aromatic carbocycles. The lowest BCUT2D eigenvalue weighted by Gasteiger charge is -2.35. The summed E-state index contributed by atoms with van der Waals surface area (Å²) < 4.78 is 6.48. The summed E-state index contributed by atoms with van der Waals surface area (Å²) in [4.78, 5) is 41.8. The minimum Gasteiger partial charge on any atom is -0.394 e. The van der Waals surface area contributed by atoms with Crippen molar-refractivity contribution >= 4 is 35.0 Å². The van der Waals surface area contributed by atoms with E-state index in [1.54, 1.807) is 31.2 Å². The van der Waals surface area contributed by atoms with Gasteiger partial charge in [0.2, 0.25) is 17.7 Å². The molecule has 0 radical (unpaired) electrons. The summed E-state index contributed by atoms with van der Waals surface area (Å²) >= 11 is 6.23. The number of benzene rings is 1. The number of ether oxygens (including phenoxy) is 1. The number of halogens is 1. The summed E-state index contributed by atoms with van der Waals surface area (Å²) in [7, 11) is 0. The average Bonchev–Trinajstić information content (AvgIpc) is 3.34. The Morgan fingerprint density at radius 2 is 2.03 bits per heavy atom. The van der Waals surface area contributed by atoms with Crippen LogP contribution in [0.25, 0.3) is 0 Å². The van der Waals surface area contributed by atoms with E-state index in [1.165, 1.54) is 4.90 Å². The Kier molecular flexibility index (Phi) is 5.98. The van der Waals surface area contributed by atoms with Crippen molar-refractivity contribution in [1.29, 1.82) is 0 Å². The fourth-order valence-electron chi connectivity index (χ4n) is 5.75. The van der Waals surface area contributed by atoms with Gasteiger partial charge < -0.3 is 25.4 Å². The molecule has 3 aliphatic heterocycles. The van der Waals surface area contributed by atoms with Crippen LogP contribution in [0.1, 0.15) is 40.0 Å². The third-order valence-corrected chi connectivity index (χ3v) is 7.49. The van der Waals surface area contributed by atoms with Gasteiger partial charge in [-0.05, 0) is 45.2 Å². The zero-order valence-corrected chi connectivity index (χ0v) is 19.3. The molecule has 0 aromatic heterocycles. The van der Waals surface area contributed by atoms with E-state index in [-0.39, 0.29) is 18.4 Å². The molecular formula is C23H30ClN3O5. The van der Waals surface area contributed by atoms with Gasteiger partial charge in [-0.25, -0.2) is 0 Å². The number of likely N-dealkylation sites (tertiary alicyclic amines) is 1. The monoisotopic (exact) mass is 463 g/mol. The molecule has 1 spiro atoms. The third-order valence-electron chi connectivity index (χ3n) is 7.17. The summed E-state index contributed by atoms with van der Waals surface area (Å²) in [5, 5.41) is 16.0. The highest BCUT2D eigenvalue weighted by molar-refractivity contribution is 6.33. The average molecular weight is 464 g/mol. The van der Waals surface area contributed by atoms with Crippen LogP contribution >= 0.6 is 11.6 Å². The topological polar surface area (TPSA) is 108 Å². The molecule has 0 aliphatic carbocycles. The Bertz CT molecular complexity index is 942. The number of anilines is 1. The van der Waals surface area contributed by atoms with E-state index in [0.717, 1.165) is 6.42 Å². The smallest absolute Gasteiger partial charge is 0.250 e. The number of carbonyl (C=O) groups is 3. The van der Waals surface area contributed by atoms with Crippen molar-refractivity contribution in [1.82, 2.24) is 10.2 Å². The number of para-hydroxylation sites is 1. The third kappa shape index (κ3) is 3.31. The van der Waals surface area contributed by atoms with E-state index in [9.17, 15) is 19.5 Å². The first-order valence-corrected chi connectivity index (χ1v) is 11.5. The van der Waals surface area contributed by atoms with Gasteiger partial charge in [0.1, 0.15) is 11.6 Å². The number of nitrogens with one attached hydrogen (secondary N) is 2. The van der Waals surface area contributed by atoms with E-state index in [2.05, 4.69) is 10.6 Å². The molecule has 3 N–H and O–H groups in total. The van der Waals surface area contributed by atoms with Crippen LogP contribution in [0.3, 0.4) is 0 Å². The van der Waals surface area contributed by atoms with Gasteiger partial charge in [-0.3, -0.25) is 14.4 Å². The molecule has 174 valence electrons. The highest BCUT2D eigenvalue weighted by atomic mass is 35.5. The summed E-state index contributed by atoms with van der Waals surface area (Å²) in [5.74, 6) is -2.46. The number of carbonyl (C=O) groups excluding carboxylic acids is 3. The summed E-state index contributed by atoms with van der Waals surface area (Å²) in [6.07, 6.45) is 1.82. The summed E-state index contributed by atoms with van der Waals surface area (Å²) in [5.41, 5.74) is -1.52. The molecule has 3 aliphatic rings. The lowest BCUT2D eigenvalue weighted by molar-refractivity contribution is -0.147. The second-order valence-corrected chi connectivity index (χ2v) is 9.67. The zero-order valence-electron chi connectivity index (χ0n) is 18.6. The van der Waals surface area contributed by atoms with Gasteiger partial charge in [0.25, 0.3) is 0 Å². The number of aliphatic hydroxyl groups excluding tert-OH is 1. The molecule has 2 unspecified atom stereocenters. The Hall–Kier alpha value is -2.16. The van der Waals surface area contributed by atoms with Crippen LogP contribution in [0.15, 0.2) is 24.3 Å². The quantitative estimate of drug-likeness (QED) is 0.572. The van der Waals surface area contributed by atoms with Crippen molar-refractivity contribution in [2.45, 2.75) is 63.3 Å². The number of fused-ring (bicyclic) bond motifs is 1. The van der Waals surface area contributed by atoms with Gasteiger partial charge in [0.05, 0.1) is 40.8 Å². The van der Waals surface area contributed by atoms with Crippen LogP contribution in [-0.2, 0) is 19.1 Å². The van der Waals surface area contributed by atoms with Crippen LogP contribution in [0.2, 0.25) is 5.02 Å². The predicted molar refractivity (Wildman–Crippen MR) is 119 cm³/mol. The van der Waals surface area contributed by atoms with E-state index in [0.29, 0.717) is 30.1 Å². The van der Waals surface area contributed by atoms with E-state index >= 15 is 0 Å². The number of nitrogens with zero attached hydrogens (tertiary/aromatic N) is 1. The van der Waals surface area contributed by atoms with Crippen molar-refractivity contribution in [3.8, 4) is 0 Å². The standard InChI is InChI=1S/C23H30ClN3O5/c1-4-11-25-19(29)16-17-21(31)27(13(2)12-28)18(23(17)10-9-22(16,3)32-23)20(30)26-15-8-6-5-7-14(15)24/h5-8,13,16-18,28H,4,9-12H2,1-3H3,(H,25,29)(H,26,30)/t13-,16+,17+,18?,22-,23?/m1/s1. The second kappa shape index (κ2) is 8.32. The molecule has 6 atom stereocenters. The Morgan fingerprint density at radius 1 is 1.31 bits per heavy atom. The molecule has 2 bridgehead atoms. The molecule has 3 amide bonds. The van der Waals surface area contributed by atoms with Gasteiger partial charge in [0, 0.05) is 6.54 Å². The molecule has 1 aromatic rings. The number of hydrogen-bond acceptors (Lipinski definition) is 5. The molecule has 3 heterocycles. The molecule has 3 saturated heterocycles. The minimum atomic E-state index is -1.13. The number of amides is 3. The highest BCUT2D eigenvalue weighted by Gasteiger charge is 2.78. The van der Waals surface area contributed by atoms with E-state index in [1.807, 2.05) is 13.8 Å². The number of hydrogen-bond donors (Lipinski definition) is 3. The van der Waals surface area contributed by atoms with Crippen LogP contribution in [0.4, 0.5) is 5.69 Å². The maximum absolute atomic E-state index is 13.7. The van der Waals surface area contributed by atoms with Crippen molar-refractivity contribution in [3.05, 3.63) is 29.3 Å². The van der Waals surface area contributed by atoms with E-state index in [4.69, 9.17) is 16.3 Å². The fourth-order valence-corrected chi connectivity index (χ4v) is 5.93. The predicted octanol–water partition coefficient (Wildman–Crippen LogP) is 1.95. The van der Waals surface area contributed by atoms with Crippen LogP contribution in [0.5, 0.6) is 0 Å². The lowest BCUT2D eigenvalue weighted by atomic mass is 9.66. The first-order valence-electron chi connectivity index (χ1n) is 11.2. The van der Waals surface area contributed by atoms with Gasteiger partial charge in [-0.1, -0.05) is 30.7 Å². The Balaban J connectivity index is 1.74. The molecule has 32 heavy (non-hydrogen) atoms. The maximum atomic E-state index is 13.7. The summed E-state index contributed by atoms with van der Waals surface area (Å²) in [6.45, 7) is 5.69. The Morgan fingerprint density at radius 3 is 2.69 bits per heavy atom. The normalized spacial score (nSPS) is 33.8. The number of aliphatic hydroxyl groups is 1. The molecule has 4 rings (SSSR count). The van der Waals surface area contributed by atoms with Crippen molar-refractivity contribution in [2.24, 2.45) is 11.8 Å². The Labute approximate surface area is 192 Å². The lowest BCUT2D eigenvalue weighted by Crippen LogP contribution is -2.55. The van der Waals surface area contributed by atoms with Crippen LogP contribution in [0, 0.1) is 11.8 Å². The minimum absolute atomic E-state index is 0.224. The highest BCUT2D eigenvalue weighted by Crippen LogP contribution is 2.63. The van der Waals surface area contributed by atoms with Crippen molar-refractivity contribution in [2.75, 3.05) is 18.5 Å². The van der Waals surface area contributed by atoms with Crippen molar-refractivity contribution < 1.29 is 24.2 Å².